The van der Waals surface area contributed by atoms with Crippen molar-refractivity contribution >= 4 is 5.91 Å². The van der Waals surface area contributed by atoms with E-state index in [4.69, 9.17) is 9.15 Å². The number of fused-ring (bicyclic) bond motifs is 1. The summed E-state index contributed by atoms with van der Waals surface area (Å²) in [5, 5.41) is 4.33. The zero-order valence-corrected chi connectivity index (χ0v) is 12.2. The molecule has 2 aromatic rings. The van der Waals surface area contributed by atoms with Gasteiger partial charge in [0, 0.05) is 19.3 Å². The summed E-state index contributed by atoms with van der Waals surface area (Å²) in [4.78, 5) is 18.3. The topological polar surface area (TPSA) is 73.4 Å². The lowest BCUT2D eigenvalue weighted by Crippen LogP contribution is -2.42. The maximum Gasteiger partial charge on any atom is 0.291 e. The van der Waals surface area contributed by atoms with Gasteiger partial charge in [-0.15, -0.1) is 0 Å². The van der Waals surface area contributed by atoms with Crippen LogP contribution in [0, 0.1) is 6.92 Å². The van der Waals surface area contributed by atoms with Crippen LogP contribution in [0.25, 0.3) is 0 Å². The second-order valence-corrected chi connectivity index (χ2v) is 5.03. The molecule has 0 N–H and O–H groups in total. The van der Waals surface area contributed by atoms with E-state index in [1.807, 2.05) is 17.7 Å². The predicted octanol–water partition coefficient (Wildman–Crippen LogP) is 1.41. The second-order valence-electron chi connectivity index (χ2n) is 5.03. The SMILES string of the molecule is CCOCC1CN(C(=O)c2ocnc2C)Cc2ccnn21. The predicted molar refractivity (Wildman–Crippen MR) is 73.7 cm³/mol. The summed E-state index contributed by atoms with van der Waals surface area (Å²) in [6.45, 7) is 5.96. The molecular weight excluding hydrogens is 272 g/mol. The first kappa shape index (κ1) is 13.8. The van der Waals surface area contributed by atoms with E-state index in [-0.39, 0.29) is 11.9 Å². The molecule has 0 fully saturated rings. The maximum atomic E-state index is 12.6. The van der Waals surface area contributed by atoms with Crippen LogP contribution in [0.1, 0.15) is 34.9 Å². The zero-order chi connectivity index (χ0) is 14.8. The Balaban J connectivity index is 1.82. The standard InChI is InChI=1S/C14H18N4O3/c1-3-20-8-12-7-17(6-11-4-5-16-18(11)12)14(19)13-10(2)15-9-21-13/h4-5,9,12H,3,6-8H2,1-2H3. The van der Waals surface area contributed by atoms with Crippen LogP contribution in [0.5, 0.6) is 0 Å². The van der Waals surface area contributed by atoms with Crippen molar-refractivity contribution in [2.45, 2.75) is 26.4 Å². The number of hydrogen-bond donors (Lipinski definition) is 0. The number of nitrogens with zero attached hydrogens (tertiary/aromatic N) is 4. The molecule has 7 nitrogen and oxygen atoms in total. The molecule has 21 heavy (non-hydrogen) atoms. The van der Waals surface area contributed by atoms with Crippen molar-refractivity contribution in [2.24, 2.45) is 0 Å². The fourth-order valence-corrected chi connectivity index (χ4v) is 2.57. The highest BCUT2D eigenvalue weighted by Crippen LogP contribution is 2.23. The van der Waals surface area contributed by atoms with Crippen LogP contribution in [-0.2, 0) is 11.3 Å². The van der Waals surface area contributed by atoms with E-state index in [9.17, 15) is 4.79 Å². The zero-order valence-electron chi connectivity index (χ0n) is 12.2. The van der Waals surface area contributed by atoms with Gasteiger partial charge in [-0.25, -0.2) is 4.98 Å². The molecule has 7 heteroatoms. The quantitative estimate of drug-likeness (QED) is 0.851. The molecule has 0 spiro atoms. The molecule has 1 amide bonds. The van der Waals surface area contributed by atoms with Crippen molar-refractivity contribution in [2.75, 3.05) is 19.8 Å². The van der Waals surface area contributed by atoms with E-state index >= 15 is 0 Å². The number of oxazole rings is 1. The van der Waals surface area contributed by atoms with E-state index in [0.717, 1.165) is 5.69 Å². The highest BCUT2D eigenvalue weighted by atomic mass is 16.5. The Labute approximate surface area is 122 Å². The number of hydrogen-bond acceptors (Lipinski definition) is 5. The Bertz CT molecular complexity index is 634. The summed E-state index contributed by atoms with van der Waals surface area (Å²) in [7, 11) is 0. The molecule has 1 unspecified atom stereocenters. The molecule has 0 saturated heterocycles. The number of rotatable bonds is 4. The van der Waals surface area contributed by atoms with E-state index in [0.29, 0.717) is 37.8 Å². The minimum absolute atomic E-state index is 0.0240. The lowest BCUT2D eigenvalue weighted by atomic mass is 10.2. The van der Waals surface area contributed by atoms with Crippen molar-refractivity contribution in [3.63, 3.8) is 0 Å². The number of amides is 1. The average Bonchev–Trinajstić information content (AvgIpc) is 3.12. The molecule has 1 atom stereocenters. The van der Waals surface area contributed by atoms with Gasteiger partial charge in [0.1, 0.15) is 0 Å². The monoisotopic (exact) mass is 290 g/mol. The first-order valence-electron chi connectivity index (χ1n) is 7.00. The normalized spacial score (nSPS) is 17.8. The first-order chi connectivity index (χ1) is 10.2. The molecule has 0 aliphatic carbocycles. The van der Waals surface area contributed by atoms with Gasteiger partial charge in [-0.05, 0) is 19.9 Å². The number of aryl methyl sites for hydroxylation is 1. The van der Waals surface area contributed by atoms with Crippen molar-refractivity contribution in [3.8, 4) is 0 Å². The van der Waals surface area contributed by atoms with Crippen molar-refractivity contribution < 1.29 is 13.9 Å². The molecule has 0 bridgehead atoms. The summed E-state index contributed by atoms with van der Waals surface area (Å²) in [5.41, 5.74) is 1.61. The van der Waals surface area contributed by atoms with Crippen LogP contribution in [-0.4, -0.2) is 45.3 Å². The van der Waals surface area contributed by atoms with Crippen molar-refractivity contribution in [3.05, 3.63) is 35.8 Å². The fourth-order valence-electron chi connectivity index (χ4n) is 2.57. The van der Waals surface area contributed by atoms with Crippen LogP contribution in [0.4, 0.5) is 0 Å². The minimum atomic E-state index is -0.140. The second kappa shape index (κ2) is 5.69. The van der Waals surface area contributed by atoms with Crippen LogP contribution in [0.15, 0.2) is 23.1 Å². The third-order valence-corrected chi connectivity index (χ3v) is 3.62. The molecule has 1 aliphatic rings. The van der Waals surface area contributed by atoms with Gasteiger partial charge in [-0.2, -0.15) is 5.10 Å². The van der Waals surface area contributed by atoms with E-state index in [1.165, 1.54) is 6.39 Å². The lowest BCUT2D eigenvalue weighted by molar-refractivity contribution is 0.0492. The molecule has 0 saturated carbocycles. The van der Waals surface area contributed by atoms with Gasteiger partial charge in [0.05, 0.1) is 30.6 Å². The van der Waals surface area contributed by atoms with E-state index < -0.39 is 0 Å². The Kier molecular flexibility index (Phi) is 3.74. The fraction of sp³-hybridized carbons (Fsp3) is 0.500. The Morgan fingerprint density at radius 1 is 1.57 bits per heavy atom. The van der Waals surface area contributed by atoms with Crippen LogP contribution in [0.2, 0.25) is 0 Å². The number of carbonyl (C=O) groups is 1. The molecule has 0 radical (unpaired) electrons. The third-order valence-electron chi connectivity index (χ3n) is 3.62. The summed E-state index contributed by atoms with van der Waals surface area (Å²) >= 11 is 0. The lowest BCUT2D eigenvalue weighted by Gasteiger charge is -2.33. The van der Waals surface area contributed by atoms with Crippen molar-refractivity contribution in [1.29, 1.82) is 0 Å². The van der Waals surface area contributed by atoms with Gasteiger partial charge >= 0.3 is 0 Å². The summed E-state index contributed by atoms with van der Waals surface area (Å²) < 4.78 is 12.7. The summed E-state index contributed by atoms with van der Waals surface area (Å²) in [5.74, 6) is 0.164. The highest BCUT2D eigenvalue weighted by Gasteiger charge is 2.31. The van der Waals surface area contributed by atoms with E-state index in [2.05, 4.69) is 10.1 Å². The molecule has 112 valence electrons. The van der Waals surface area contributed by atoms with Gasteiger partial charge in [-0.3, -0.25) is 9.48 Å². The van der Waals surface area contributed by atoms with Crippen LogP contribution >= 0.6 is 0 Å². The van der Waals surface area contributed by atoms with E-state index in [1.54, 1.807) is 18.0 Å². The van der Waals surface area contributed by atoms with Gasteiger partial charge in [0.25, 0.3) is 5.91 Å². The smallest absolute Gasteiger partial charge is 0.291 e. The van der Waals surface area contributed by atoms with Crippen molar-refractivity contribution in [1.82, 2.24) is 19.7 Å². The van der Waals surface area contributed by atoms with Gasteiger partial charge in [0.15, 0.2) is 6.39 Å². The minimum Gasteiger partial charge on any atom is -0.438 e. The third kappa shape index (κ3) is 2.56. The molecule has 3 heterocycles. The largest absolute Gasteiger partial charge is 0.438 e. The van der Waals surface area contributed by atoms with Gasteiger partial charge in [0.2, 0.25) is 5.76 Å². The van der Waals surface area contributed by atoms with Crippen LogP contribution in [0.3, 0.4) is 0 Å². The maximum absolute atomic E-state index is 12.6. The Morgan fingerprint density at radius 3 is 3.14 bits per heavy atom. The number of carbonyl (C=O) groups excluding carboxylic acids is 1. The molecule has 3 rings (SSSR count). The Morgan fingerprint density at radius 2 is 2.43 bits per heavy atom. The van der Waals surface area contributed by atoms with Gasteiger partial charge < -0.3 is 14.1 Å². The van der Waals surface area contributed by atoms with Crippen LogP contribution < -0.4 is 0 Å². The highest BCUT2D eigenvalue weighted by molar-refractivity contribution is 5.92. The molecule has 0 aromatic carbocycles. The average molecular weight is 290 g/mol. The summed E-state index contributed by atoms with van der Waals surface area (Å²) in [6, 6.07) is 1.95. The molecular formula is C14H18N4O3. The molecule has 2 aromatic heterocycles. The number of aromatic nitrogens is 3. The molecule has 1 aliphatic heterocycles. The Hall–Kier alpha value is -2.15. The van der Waals surface area contributed by atoms with Gasteiger partial charge in [-0.1, -0.05) is 0 Å². The summed E-state index contributed by atoms with van der Waals surface area (Å²) in [6.07, 6.45) is 3.05. The number of ether oxygens (including phenoxy) is 1. The first-order valence-corrected chi connectivity index (χ1v) is 7.00.